The zero-order valence-electron chi connectivity index (χ0n) is 15.1. The highest BCUT2D eigenvalue weighted by Gasteiger charge is 2.26. The molecule has 7 nitrogen and oxygen atoms in total. The molecule has 0 saturated heterocycles. The van der Waals surface area contributed by atoms with Crippen LogP contribution in [0.2, 0.25) is 0 Å². The van der Waals surface area contributed by atoms with Crippen LogP contribution in [-0.2, 0) is 11.2 Å². The lowest BCUT2D eigenvalue weighted by Gasteiger charge is -2.16. The number of carboxylic acids is 1. The van der Waals surface area contributed by atoms with E-state index in [4.69, 9.17) is 9.52 Å². The van der Waals surface area contributed by atoms with Crippen molar-refractivity contribution >= 4 is 28.9 Å². The third kappa shape index (κ3) is 3.20. The molecule has 1 saturated carbocycles. The van der Waals surface area contributed by atoms with Crippen molar-refractivity contribution in [2.75, 3.05) is 5.32 Å². The van der Waals surface area contributed by atoms with Gasteiger partial charge >= 0.3 is 5.97 Å². The van der Waals surface area contributed by atoms with Crippen LogP contribution in [0.5, 0.6) is 0 Å². The molecule has 27 heavy (non-hydrogen) atoms. The van der Waals surface area contributed by atoms with Gasteiger partial charge in [-0.15, -0.1) is 0 Å². The van der Waals surface area contributed by atoms with Crippen LogP contribution in [0, 0.1) is 6.92 Å². The first-order valence-electron chi connectivity index (χ1n) is 9.11. The van der Waals surface area contributed by atoms with E-state index in [9.17, 15) is 9.59 Å². The molecule has 1 aromatic carbocycles. The van der Waals surface area contributed by atoms with Gasteiger partial charge < -0.3 is 14.1 Å². The number of hydrogen-bond acceptors (Lipinski definition) is 4. The Hall–Kier alpha value is -3.09. The number of aryl methyl sites for hydroxylation is 1. The molecular formula is C20H21N3O4. The van der Waals surface area contributed by atoms with Crippen LogP contribution in [0.25, 0.3) is 11.0 Å². The average Bonchev–Trinajstić information content (AvgIpc) is 3.33. The van der Waals surface area contributed by atoms with Crippen LogP contribution in [0.15, 0.2) is 34.9 Å². The Bertz CT molecular complexity index is 1010. The number of hydrogen-bond donors (Lipinski definition) is 2. The van der Waals surface area contributed by atoms with Gasteiger partial charge in [-0.2, -0.15) is 0 Å². The number of rotatable bonds is 5. The van der Waals surface area contributed by atoms with Gasteiger partial charge in [-0.1, -0.05) is 25.0 Å². The summed E-state index contributed by atoms with van der Waals surface area (Å²) in [5.74, 6) is -0.792. The average molecular weight is 367 g/mol. The fraction of sp³-hybridized carbons (Fsp3) is 0.350. The van der Waals surface area contributed by atoms with Crippen molar-refractivity contribution in [3.63, 3.8) is 0 Å². The number of imidazole rings is 1. The Morgan fingerprint density at radius 2 is 2.04 bits per heavy atom. The Labute approximate surface area is 156 Å². The Morgan fingerprint density at radius 3 is 2.78 bits per heavy atom. The molecule has 2 aromatic heterocycles. The predicted octanol–water partition coefficient (Wildman–Crippen LogP) is 3.93. The topological polar surface area (TPSA) is 97.4 Å². The number of aromatic nitrogens is 2. The minimum atomic E-state index is -1.04. The number of amides is 1. The first kappa shape index (κ1) is 17.3. The summed E-state index contributed by atoms with van der Waals surface area (Å²) in [4.78, 5) is 28.6. The molecule has 0 unspecified atom stereocenters. The molecule has 1 amide bonds. The molecule has 1 aliphatic rings. The second kappa shape index (κ2) is 6.90. The van der Waals surface area contributed by atoms with Crippen molar-refractivity contribution in [3.05, 3.63) is 47.4 Å². The van der Waals surface area contributed by atoms with Gasteiger partial charge in [-0.25, -0.2) is 4.98 Å². The molecule has 3 aromatic rings. The quantitative estimate of drug-likeness (QED) is 0.712. The van der Waals surface area contributed by atoms with Crippen LogP contribution in [0.3, 0.4) is 0 Å². The zero-order valence-corrected chi connectivity index (χ0v) is 15.1. The van der Waals surface area contributed by atoms with E-state index in [0.717, 1.165) is 36.7 Å². The highest BCUT2D eigenvalue weighted by molar-refractivity contribution is 6.06. The van der Waals surface area contributed by atoms with E-state index >= 15 is 0 Å². The fourth-order valence-electron chi connectivity index (χ4n) is 3.90. The maximum atomic E-state index is 12.9. The van der Waals surface area contributed by atoms with Crippen molar-refractivity contribution in [3.8, 4) is 0 Å². The summed E-state index contributed by atoms with van der Waals surface area (Å²) < 4.78 is 7.39. The number of para-hydroxylation sites is 2. The van der Waals surface area contributed by atoms with Crippen molar-refractivity contribution in [2.45, 2.75) is 45.1 Å². The van der Waals surface area contributed by atoms with Crippen LogP contribution in [0.4, 0.5) is 5.95 Å². The molecule has 7 heteroatoms. The standard InChI is InChI=1S/C20H21N3O4/c1-12-11-27-16(10-17(24)25)18(12)19(26)22-20-21-14-8-4-5-9-15(14)23(20)13-6-2-3-7-13/h4-5,8-9,11,13H,2-3,6-7,10H2,1H3,(H,24,25)(H,21,22,26). The third-order valence-corrected chi connectivity index (χ3v) is 5.10. The number of nitrogens with one attached hydrogen (secondary N) is 1. The summed E-state index contributed by atoms with van der Waals surface area (Å²) in [6.07, 6.45) is 5.50. The third-order valence-electron chi connectivity index (χ3n) is 5.10. The highest BCUT2D eigenvalue weighted by Crippen LogP contribution is 2.35. The van der Waals surface area contributed by atoms with Gasteiger partial charge in [0.05, 0.1) is 22.9 Å². The van der Waals surface area contributed by atoms with Gasteiger partial charge in [0, 0.05) is 11.6 Å². The molecular weight excluding hydrogens is 346 g/mol. The van der Waals surface area contributed by atoms with E-state index in [1.165, 1.54) is 6.26 Å². The van der Waals surface area contributed by atoms with E-state index in [2.05, 4.69) is 14.9 Å². The van der Waals surface area contributed by atoms with Crippen LogP contribution >= 0.6 is 0 Å². The number of nitrogens with zero attached hydrogens (tertiary/aromatic N) is 2. The number of anilines is 1. The van der Waals surface area contributed by atoms with Crippen molar-refractivity contribution in [1.29, 1.82) is 0 Å². The van der Waals surface area contributed by atoms with Crippen molar-refractivity contribution in [1.82, 2.24) is 9.55 Å². The number of carbonyl (C=O) groups is 2. The SMILES string of the molecule is Cc1coc(CC(=O)O)c1C(=O)Nc1nc2ccccc2n1C1CCCC1. The second-order valence-electron chi connectivity index (χ2n) is 6.97. The molecule has 1 aliphatic carbocycles. The Kier molecular flexibility index (Phi) is 4.43. The first-order chi connectivity index (χ1) is 13.0. The van der Waals surface area contributed by atoms with Crippen molar-refractivity contribution < 1.29 is 19.1 Å². The van der Waals surface area contributed by atoms with Crippen molar-refractivity contribution in [2.24, 2.45) is 0 Å². The maximum Gasteiger partial charge on any atom is 0.311 e. The fourth-order valence-corrected chi connectivity index (χ4v) is 3.90. The lowest BCUT2D eigenvalue weighted by atomic mass is 10.1. The largest absolute Gasteiger partial charge is 0.481 e. The van der Waals surface area contributed by atoms with Gasteiger partial charge in [0.15, 0.2) is 0 Å². The van der Waals surface area contributed by atoms with E-state index in [-0.39, 0.29) is 17.7 Å². The van der Waals surface area contributed by atoms with Crippen LogP contribution < -0.4 is 5.32 Å². The van der Waals surface area contributed by atoms with Gasteiger partial charge in [0.2, 0.25) is 5.95 Å². The lowest BCUT2D eigenvalue weighted by Crippen LogP contribution is -2.19. The first-order valence-corrected chi connectivity index (χ1v) is 9.11. The summed E-state index contributed by atoms with van der Waals surface area (Å²) in [7, 11) is 0. The molecule has 0 spiro atoms. The summed E-state index contributed by atoms with van der Waals surface area (Å²) >= 11 is 0. The molecule has 140 valence electrons. The second-order valence-corrected chi connectivity index (χ2v) is 6.97. The molecule has 1 fully saturated rings. The van der Waals surface area contributed by atoms with Gasteiger partial charge in [0.1, 0.15) is 12.2 Å². The monoisotopic (exact) mass is 367 g/mol. The molecule has 0 atom stereocenters. The van der Waals surface area contributed by atoms with Crippen LogP contribution in [0.1, 0.15) is 53.4 Å². The summed E-state index contributed by atoms with van der Waals surface area (Å²) in [6, 6.07) is 8.12. The van der Waals surface area contributed by atoms with E-state index in [0.29, 0.717) is 17.6 Å². The summed E-state index contributed by atoms with van der Waals surface area (Å²) in [5, 5.41) is 11.9. The van der Waals surface area contributed by atoms with E-state index < -0.39 is 11.9 Å². The lowest BCUT2D eigenvalue weighted by molar-refractivity contribution is -0.136. The number of aliphatic carboxylic acids is 1. The molecule has 0 radical (unpaired) electrons. The minimum Gasteiger partial charge on any atom is -0.481 e. The molecule has 4 rings (SSSR count). The zero-order chi connectivity index (χ0) is 19.0. The molecule has 0 aliphatic heterocycles. The number of carboxylic acid groups (broad SMARTS) is 1. The summed E-state index contributed by atoms with van der Waals surface area (Å²) in [5.41, 5.74) is 2.69. The smallest absolute Gasteiger partial charge is 0.311 e. The number of furan rings is 1. The van der Waals surface area contributed by atoms with Gasteiger partial charge in [-0.3, -0.25) is 14.9 Å². The van der Waals surface area contributed by atoms with E-state index in [1.54, 1.807) is 6.92 Å². The Morgan fingerprint density at radius 1 is 1.30 bits per heavy atom. The number of fused-ring (bicyclic) bond motifs is 1. The van der Waals surface area contributed by atoms with Gasteiger partial charge in [-0.05, 0) is 31.9 Å². The maximum absolute atomic E-state index is 12.9. The number of benzene rings is 1. The van der Waals surface area contributed by atoms with E-state index in [1.807, 2.05) is 24.3 Å². The van der Waals surface area contributed by atoms with Crippen LogP contribution in [-0.4, -0.2) is 26.5 Å². The minimum absolute atomic E-state index is 0.154. The Balaban J connectivity index is 1.72. The van der Waals surface area contributed by atoms with Gasteiger partial charge in [0.25, 0.3) is 5.91 Å². The normalized spacial score (nSPS) is 14.7. The molecule has 2 heterocycles. The molecule has 2 N–H and O–H groups in total. The number of carbonyl (C=O) groups excluding carboxylic acids is 1. The molecule has 0 bridgehead atoms. The predicted molar refractivity (Wildman–Crippen MR) is 100.0 cm³/mol. The highest BCUT2D eigenvalue weighted by atomic mass is 16.4. The summed E-state index contributed by atoms with van der Waals surface area (Å²) in [6.45, 7) is 1.73.